The highest BCUT2D eigenvalue weighted by Crippen LogP contribution is 2.40. The Kier molecular flexibility index (Phi) is 3.04. The Balaban J connectivity index is 1.94. The molecular weight excluding hydrogens is 359 g/mol. The first-order chi connectivity index (χ1) is 9.09. The van der Waals surface area contributed by atoms with Gasteiger partial charge in [0.15, 0.2) is 0 Å². The van der Waals surface area contributed by atoms with Crippen molar-refractivity contribution in [2.75, 3.05) is 0 Å². The molecule has 0 spiro atoms. The van der Waals surface area contributed by atoms with E-state index in [1.165, 1.54) is 0 Å². The van der Waals surface area contributed by atoms with Crippen LogP contribution < -0.4 is 5.32 Å². The van der Waals surface area contributed by atoms with Crippen LogP contribution in [0.15, 0.2) is 24.3 Å². The van der Waals surface area contributed by atoms with Crippen LogP contribution in [0.25, 0.3) is 0 Å². The number of imide groups is 1. The average molecular weight is 370 g/mol. The van der Waals surface area contributed by atoms with E-state index < -0.39 is 6.04 Å². The van der Waals surface area contributed by atoms with Crippen molar-refractivity contribution in [1.29, 1.82) is 0 Å². The van der Waals surface area contributed by atoms with Crippen LogP contribution in [0.1, 0.15) is 32.8 Å². The molecule has 0 bridgehead atoms. The largest absolute Gasteiger partial charge is 0.311 e. The second-order valence-electron chi connectivity index (χ2n) is 4.60. The summed E-state index contributed by atoms with van der Waals surface area (Å²) < 4.78 is -0.162. The minimum absolute atomic E-state index is 0.135. The number of fused-ring (bicyclic) bond motifs is 1. The van der Waals surface area contributed by atoms with Gasteiger partial charge in [0.25, 0.3) is 5.91 Å². The van der Waals surface area contributed by atoms with Crippen LogP contribution in [-0.4, -0.2) is 28.7 Å². The van der Waals surface area contributed by atoms with Gasteiger partial charge in [0, 0.05) is 12.0 Å². The highest BCUT2D eigenvalue weighted by atomic mass is 127. The molecule has 98 valence electrons. The molecule has 2 heterocycles. The van der Waals surface area contributed by atoms with E-state index in [0.29, 0.717) is 12.0 Å². The molecule has 1 fully saturated rings. The van der Waals surface area contributed by atoms with Crippen molar-refractivity contribution < 1.29 is 14.4 Å². The van der Waals surface area contributed by atoms with E-state index in [1.807, 2.05) is 18.2 Å². The molecule has 3 amide bonds. The number of nitrogens with zero attached hydrogens (tertiary/aromatic N) is 1. The van der Waals surface area contributed by atoms with Crippen molar-refractivity contribution in [1.82, 2.24) is 10.2 Å². The highest BCUT2D eigenvalue weighted by molar-refractivity contribution is 14.1. The Morgan fingerprint density at radius 1 is 1.21 bits per heavy atom. The van der Waals surface area contributed by atoms with E-state index in [1.54, 1.807) is 11.0 Å². The zero-order valence-corrected chi connectivity index (χ0v) is 12.1. The smallest absolute Gasteiger partial charge is 0.256 e. The molecular formula is C13H11IN2O3. The third kappa shape index (κ3) is 1.94. The second kappa shape index (κ2) is 4.59. The Bertz CT molecular complexity index is 587. The molecule has 0 aromatic heterocycles. The number of halogens is 1. The number of amides is 3. The standard InChI is InChI=1S/C13H11IN2O3/c14-11-7-3-1-2-4-8(7)13(19)16(11)9-5-6-10(17)15-12(9)18/h1-4,9,11H,5-6H2,(H,15,17,18). The van der Waals surface area contributed by atoms with Gasteiger partial charge in [0.05, 0.1) is 0 Å². The molecule has 3 rings (SSSR count). The minimum Gasteiger partial charge on any atom is -0.311 e. The number of carbonyl (C=O) groups excluding carboxylic acids is 3. The van der Waals surface area contributed by atoms with Crippen LogP contribution in [0.2, 0.25) is 0 Å². The summed E-state index contributed by atoms with van der Waals surface area (Å²) in [5, 5.41) is 2.30. The predicted molar refractivity (Wildman–Crippen MR) is 75.5 cm³/mol. The molecule has 0 radical (unpaired) electrons. The molecule has 2 atom stereocenters. The second-order valence-corrected chi connectivity index (χ2v) is 5.78. The first-order valence-corrected chi connectivity index (χ1v) is 7.23. The predicted octanol–water partition coefficient (Wildman–Crippen LogP) is 1.38. The zero-order valence-electron chi connectivity index (χ0n) is 9.93. The van der Waals surface area contributed by atoms with Crippen molar-refractivity contribution in [2.24, 2.45) is 0 Å². The van der Waals surface area contributed by atoms with Crippen molar-refractivity contribution in [3.63, 3.8) is 0 Å². The molecule has 1 saturated heterocycles. The third-order valence-electron chi connectivity index (χ3n) is 3.47. The monoisotopic (exact) mass is 370 g/mol. The van der Waals surface area contributed by atoms with Crippen molar-refractivity contribution in [2.45, 2.75) is 22.9 Å². The van der Waals surface area contributed by atoms with Crippen LogP contribution in [-0.2, 0) is 9.59 Å². The SMILES string of the molecule is O=C1CCC(N2C(=O)c3ccccc3C2I)C(=O)N1. The van der Waals surface area contributed by atoms with Crippen LogP contribution >= 0.6 is 22.6 Å². The fourth-order valence-electron chi connectivity index (χ4n) is 2.54. The van der Waals surface area contributed by atoms with Crippen molar-refractivity contribution >= 4 is 40.3 Å². The lowest BCUT2D eigenvalue weighted by Crippen LogP contribution is -2.52. The number of alkyl halides is 1. The van der Waals surface area contributed by atoms with Gasteiger partial charge < -0.3 is 4.90 Å². The lowest BCUT2D eigenvalue weighted by molar-refractivity contribution is -0.136. The summed E-state index contributed by atoms with van der Waals surface area (Å²) in [6.45, 7) is 0. The van der Waals surface area contributed by atoms with Crippen LogP contribution in [0.5, 0.6) is 0 Å². The lowest BCUT2D eigenvalue weighted by atomic mass is 10.0. The van der Waals surface area contributed by atoms with Gasteiger partial charge in [0.1, 0.15) is 10.1 Å². The summed E-state index contributed by atoms with van der Waals surface area (Å²) in [6.07, 6.45) is 0.670. The number of carbonyl (C=O) groups is 3. The van der Waals surface area contributed by atoms with E-state index in [0.717, 1.165) is 5.56 Å². The summed E-state index contributed by atoms with van der Waals surface area (Å²) in [6, 6.07) is 6.81. The van der Waals surface area contributed by atoms with Crippen molar-refractivity contribution in [3.8, 4) is 0 Å². The molecule has 2 aliphatic heterocycles. The van der Waals surface area contributed by atoms with Crippen LogP contribution in [0.4, 0.5) is 0 Å². The summed E-state index contributed by atoms with van der Waals surface area (Å²) >= 11 is 2.16. The van der Waals surface area contributed by atoms with Gasteiger partial charge in [-0.1, -0.05) is 40.8 Å². The lowest BCUT2D eigenvalue weighted by Gasteiger charge is -2.32. The van der Waals surface area contributed by atoms with E-state index in [4.69, 9.17) is 0 Å². The zero-order chi connectivity index (χ0) is 13.6. The maximum Gasteiger partial charge on any atom is 0.256 e. The highest BCUT2D eigenvalue weighted by Gasteiger charge is 2.43. The summed E-state index contributed by atoms with van der Waals surface area (Å²) in [4.78, 5) is 37.0. The minimum atomic E-state index is -0.556. The fraction of sp³-hybridized carbons (Fsp3) is 0.308. The van der Waals surface area contributed by atoms with Gasteiger partial charge in [-0.25, -0.2) is 0 Å². The topological polar surface area (TPSA) is 66.5 Å². The van der Waals surface area contributed by atoms with E-state index in [2.05, 4.69) is 27.9 Å². The molecule has 1 aromatic rings. The average Bonchev–Trinajstić information content (AvgIpc) is 2.64. The molecule has 0 aliphatic carbocycles. The molecule has 1 N–H and O–H groups in total. The summed E-state index contributed by atoms with van der Waals surface area (Å²) in [7, 11) is 0. The summed E-state index contributed by atoms with van der Waals surface area (Å²) in [5.41, 5.74) is 1.57. The number of hydrogen-bond acceptors (Lipinski definition) is 3. The van der Waals surface area contributed by atoms with Gasteiger partial charge in [-0.3, -0.25) is 19.7 Å². The Labute approximate surface area is 123 Å². The van der Waals surface area contributed by atoms with Gasteiger partial charge in [-0.2, -0.15) is 0 Å². The van der Waals surface area contributed by atoms with E-state index in [-0.39, 0.29) is 28.2 Å². The molecule has 6 heteroatoms. The molecule has 2 aliphatic rings. The molecule has 19 heavy (non-hydrogen) atoms. The van der Waals surface area contributed by atoms with E-state index in [9.17, 15) is 14.4 Å². The van der Waals surface area contributed by atoms with Crippen molar-refractivity contribution in [3.05, 3.63) is 35.4 Å². The van der Waals surface area contributed by atoms with Gasteiger partial charge in [0.2, 0.25) is 11.8 Å². The number of nitrogens with one attached hydrogen (secondary N) is 1. The quantitative estimate of drug-likeness (QED) is 0.352. The Hall–Kier alpha value is -1.44. The third-order valence-corrected chi connectivity index (χ3v) is 4.74. The van der Waals surface area contributed by atoms with Gasteiger partial charge >= 0.3 is 0 Å². The summed E-state index contributed by atoms with van der Waals surface area (Å²) in [5.74, 6) is -0.779. The first-order valence-electron chi connectivity index (χ1n) is 5.99. The normalized spacial score (nSPS) is 26.4. The number of rotatable bonds is 1. The maximum absolute atomic E-state index is 12.4. The van der Waals surface area contributed by atoms with Crippen LogP contribution in [0, 0.1) is 0 Å². The van der Waals surface area contributed by atoms with E-state index >= 15 is 0 Å². The fourth-order valence-corrected chi connectivity index (χ4v) is 3.72. The first kappa shape index (κ1) is 12.6. The Morgan fingerprint density at radius 2 is 1.95 bits per heavy atom. The van der Waals surface area contributed by atoms with Gasteiger partial charge in [-0.15, -0.1) is 0 Å². The van der Waals surface area contributed by atoms with Gasteiger partial charge in [-0.05, 0) is 18.1 Å². The Morgan fingerprint density at radius 3 is 2.63 bits per heavy atom. The molecule has 1 aromatic carbocycles. The molecule has 0 saturated carbocycles. The number of hydrogen-bond donors (Lipinski definition) is 1. The molecule has 2 unspecified atom stereocenters. The maximum atomic E-state index is 12.4. The molecule has 5 nitrogen and oxygen atoms in total. The number of piperidine rings is 1. The van der Waals surface area contributed by atoms with Crippen LogP contribution in [0.3, 0.4) is 0 Å². The number of benzene rings is 1.